The van der Waals surface area contributed by atoms with Gasteiger partial charge < -0.3 is 0 Å². The van der Waals surface area contributed by atoms with Gasteiger partial charge >= 0.3 is 0 Å². The highest BCUT2D eigenvalue weighted by Crippen LogP contribution is 2.35. The first-order valence-electron chi connectivity index (χ1n) is 3.65. The lowest BCUT2D eigenvalue weighted by molar-refractivity contribution is 0.460. The maximum absolute atomic E-state index is 4.04. The van der Waals surface area contributed by atoms with Gasteiger partial charge in [0.1, 0.15) is 0 Å². The molecule has 0 nitrogen and oxygen atoms in total. The van der Waals surface area contributed by atoms with Gasteiger partial charge in [0.05, 0.1) is 1.93 Å². The van der Waals surface area contributed by atoms with Crippen LogP contribution in [0.2, 0.25) is 0 Å². The largest absolute Gasteiger partial charge is 0.0999 e. The van der Waals surface area contributed by atoms with Crippen LogP contribution in [-0.4, -0.2) is 1.93 Å². The molecule has 1 unspecified atom stereocenters. The predicted molar refractivity (Wildman–Crippen MR) is 62.9 cm³/mol. The standard InChI is InChI=1S/C8H12I2/c1-6-3-2-4-7(5-6)8(9)10/h7-8H,1-5H2. The highest BCUT2D eigenvalue weighted by Gasteiger charge is 2.20. The van der Waals surface area contributed by atoms with E-state index in [0.717, 1.165) is 7.85 Å². The second-order valence-electron chi connectivity index (χ2n) is 2.94. The Labute approximate surface area is 90.1 Å². The Morgan fingerprint density at radius 3 is 2.60 bits per heavy atom. The van der Waals surface area contributed by atoms with Gasteiger partial charge in [0.2, 0.25) is 0 Å². The number of alkyl halides is 2. The first-order valence-corrected chi connectivity index (χ1v) is 6.14. The molecule has 0 aromatic rings. The number of allylic oxidation sites excluding steroid dienone is 1. The van der Waals surface area contributed by atoms with Crippen molar-refractivity contribution in [2.75, 3.05) is 0 Å². The van der Waals surface area contributed by atoms with Gasteiger partial charge in [-0.2, -0.15) is 0 Å². The molecule has 0 radical (unpaired) electrons. The normalized spacial score (nSPS) is 27.5. The van der Waals surface area contributed by atoms with Gasteiger partial charge in [-0.25, -0.2) is 0 Å². The van der Waals surface area contributed by atoms with Gasteiger partial charge in [-0.05, 0) is 31.6 Å². The van der Waals surface area contributed by atoms with Crippen molar-refractivity contribution in [2.24, 2.45) is 5.92 Å². The number of hydrogen-bond acceptors (Lipinski definition) is 0. The van der Waals surface area contributed by atoms with Crippen molar-refractivity contribution >= 4 is 45.2 Å². The number of hydrogen-bond donors (Lipinski definition) is 0. The third-order valence-electron chi connectivity index (χ3n) is 2.01. The summed E-state index contributed by atoms with van der Waals surface area (Å²) in [6.45, 7) is 4.04. The lowest BCUT2D eigenvalue weighted by Gasteiger charge is -2.24. The first kappa shape index (κ1) is 9.29. The maximum atomic E-state index is 4.04. The summed E-state index contributed by atoms with van der Waals surface area (Å²) in [7, 11) is 0. The van der Waals surface area contributed by atoms with E-state index in [2.05, 4.69) is 51.8 Å². The van der Waals surface area contributed by atoms with Crippen molar-refractivity contribution in [3.63, 3.8) is 0 Å². The van der Waals surface area contributed by atoms with Crippen LogP contribution in [0.15, 0.2) is 12.2 Å². The molecule has 0 bridgehead atoms. The van der Waals surface area contributed by atoms with Crippen LogP contribution >= 0.6 is 45.2 Å². The fourth-order valence-corrected chi connectivity index (χ4v) is 2.63. The molecule has 1 aliphatic carbocycles. The molecule has 0 aromatic heterocycles. The Bertz CT molecular complexity index is 129. The van der Waals surface area contributed by atoms with Gasteiger partial charge in [0.25, 0.3) is 0 Å². The molecule has 1 atom stereocenters. The molecule has 1 aliphatic rings. The van der Waals surface area contributed by atoms with E-state index in [1.807, 2.05) is 0 Å². The Kier molecular flexibility index (Phi) is 3.98. The van der Waals surface area contributed by atoms with E-state index >= 15 is 0 Å². The predicted octanol–water partition coefficient (Wildman–Crippen LogP) is 3.93. The zero-order chi connectivity index (χ0) is 7.56. The molecule has 1 saturated carbocycles. The van der Waals surface area contributed by atoms with E-state index in [9.17, 15) is 0 Å². The van der Waals surface area contributed by atoms with E-state index in [-0.39, 0.29) is 0 Å². The van der Waals surface area contributed by atoms with Crippen LogP contribution in [0.3, 0.4) is 0 Å². The number of halogens is 2. The van der Waals surface area contributed by atoms with Crippen LogP contribution in [0, 0.1) is 5.92 Å². The molecule has 0 amide bonds. The average molecular weight is 362 g/mol. The van der Waals surface area contributed by atoms with Crippen LogP contribution in [0.1, 0.15) is 25.7 Å². The Hall–Kier alpha value is 1.20. The van der Waals surface area contributed by atoms with E-state index in [1.54, 1.807) is 0 Å². The second kappa shape index (κ2) is 4.28. The van der Waals surface area contributed by atoms with Crippen LogP contribution < -0.4 is 0 Å². The minimum atomic E-state index is 0.798. The van der Waals surface area contributed by atoms with Crippen molar-refractivity contribution in [3.05, 3.63) is 12.2 Å². The Morgan fingerprint density at radius 2 is 2.20 bits per heavy atom. The van der Waals surface area contributed by atoms with Gasteiger partial charge in [-0.1, -0.05) is 57.3 Å². The van der Waals surface area contributed by atoms with Crippen molar-refractivity contribution < 1.29 is 0 Å². The SMILES string of the molecule is C=C1CCCC(C(I)I)C1. The number of rotatable bonds is 1. The summed E-state index contributed by atoms with van der Waals surface area (Å²) in [6.07, 6.45) is 5.33. The Balaban J connectivity index is 2.39. The van der Waals surface area contributed by atoms with Crippen molar-refractivity contribution in [1.82, 2.24) is 0 Å². The monoisotopic (exact) mass is 362 g/mol. The van der Waals surface area contributed by atoms with Crippen LogP contribution in [-0.2, 0) is 0 Å². The topological polar surface area (TPSA) is 0 Å². The fraction of sp³-hybridized carbons (Fsp3) is 0.750. The molecule has 58 valence electrons. The molecule has 0 spiro atoms. The third-order valence-corrected chi connectivity index (χ3v) is 4.05. The zero-order valence-corrected chi connectivity index (χ0v) is 10.3. The summed E-state index contributed by atoms with van der Waals surface area (Å²) < 4.78 is 0.798. The molecule has 10 heavy (non-hydrogen) atoms. The van der Waals surface area contributed by atoms with Gasteiger partial charge in [-0.15, -0.1) is 0 Å². The van der Waals surface area contributed by atoms with Crippen molar-refractivity contribution in [3.8, 4) is 0 Å². The van der Waals surface area contributed by atoms with Gasteiger partial charge in [-0.3, -0.25) is 0 Å². The van der Waals surface area contributed by atoms with Gasteiger partial charge in [0, 0.05) is 0 Å². The lowest BCUT2D eigenvalue weighted by Crippen LogP contribution is -2.13. The van der Waals surface area contributed by atoms with E-state index in [1.165, 1.54) is 31.3 Å². The highest BCUT2D eigenvalue weighted by atomic mass is 127. The van der Waals surface area contributed by atoms with Crippen molar-refractivity contribution in [1.29, 1.82) is 0 Å². The van der Waals surface area contributed by atoms with Crippen LogP contribution in [0.5, 0.6) is 0 Å². The van der Waals surface area contributed by atoms with E-state index in [4.69, 9.17) is 0 Å². The summed E-state index contributed by atoms with van der Waals surface area (Å²) in [5.41, 5.74) is 1.47. The minimum absolute atomic E-state index is 0.798. The summed E-state index contributed by atoms with van der Waals surface area (Å²) in [4.78, 5) is 0. The summed E-state index contributed by atoms with van der Waals surface area (Å²) >= 11 is 5.03. The summed E-state index contributed by atoms with van der Waals surface area (Å²) in [5, 5.41) is 0. The molecular formula is C8H12I2. The lowest BCUT2D eigenvalue weighted by atomic mass is 9.88. The molecular weight excluding hydrogens is 350 g/mol. The highest BCUT2D eigenvalue weighted by molar-refractivity contribution is 14.2. The summed E-state index contributed by atoms with van der Waals surface area (Å²) in [5.74, 6) is 0.905. The quantitative estimate of drug-likeness (QED) is 0.377. The zero-order valence-electron chi connectivity index (χ0n) is 5.95. The molecule has 1 rings (SSSR count). The van der Waals surface area contributed by atoms with Crippen LogP contribution in [0.4, 0.5) is 0 Å². The Morgan fingerprint density at radius 1 is 1.50 bits per heavy atom. The minimum Gasteiger partial charge on any atom is -0.0999 e. The molecule has 0 saturated heterocycles. The molecule has 2 heteroatoms. The smallest absolute Gasteiger partial charge is 0.0657 e. The first-order chi connectivity index (χ1) is 4.70. The molecule has 0 aromatic carbocycles. The molecule has 0 aliphatic heterocycles. The van der Waals surface area contributed by atoms with E-state index in [0.29, 0.717) is 0 Å². The molecule has 0 heterocycles. The summed E-state index contributed by atoms with van der Waals surface area (Å²) in [6, 6.07) is 0. The molecule has 0 N–H and O–H groups in total. The molecule has 1 fully saturated rings. The van der Waals surface area contributed by atoms with Crippen LogP contribution in [0.25, 0.3) is 0 Å². The third kappa shape index (κ3) is 2.68. The van der Waals surface area contributed by atoms with Gasteiger partial charge in [0.15, 0.2) is 0 Å². The van der Waals surface area contributed by atoms with Crippen molar-refractivity contribution in [2.45, 2.75) is 27.6 Å². The van der Waals surface area contributed by atoms with E-state index < -0.39 is 0 Å². The maximum Gasteiger partial charge on any atom is 0.0657 e. The average Bonchev–Trinajstić information content (AvgIpc) is 1.88. The second-order valence-corrected chi connectivity index (χ2v) is 8.01. The fourth-order valence-electron chi connectivity index (χ4n) is 1.40.